The van der Waals surface area contributed by atoms with Crippen molar-refractivity contribution in [1.29, 1.82) is 0 Å². The van der Waals surface area contributed by atoms with Crippen LogP contribution >= 0.6 is 11.3 Å². The van der Waals surface area contributed by atoms with Crippen LogP contribution in [0.2, 0.25) is 0 Å². The van der Waals surface area contributed by atoms with Gasteiger partial charge in [-0.2, -0.15) is 0 Å². The second kappa shape index (κ2) is 10.00. The summed E-state index contributed by atoms with van der Waals surface area (Å²) in [6, 6.07) is 12.5. The van der Waals surface area contributed by atoms with E-state index >= 15 is 0 Å². The van der Waals surface area contributed by atoms with Gasteiger partial charge >= 0.3 is 5.97 Å². The summed E-state index contributed by atoms with van der Waals surface area (Å²) >= 11 is 1.73. The number of nitrogens with zero attached hydrogens (tertiary/aromatic N) is 3. The molecule has 0 unspecified atom stereocenters. The monoisotopic (exact) mass is 424 g/mol. The highest BCUT2D eigenvalue weighted by molar-refractivity contribution is 7.09. The summed E-state index contributed by atoms with van der Waals surface area (Å²) in [5, 5.41) is 6.61. The van der Waals surface area contributed by atoms with Crippen molar-refractivity contribution in [3.8, 4) is 0 Å². The van der Waals surface area contributed by atoms with Gasteiger partial charge in [0.1, 0.15) is 11.6 Å². The van der Waals surface area contributed by atoms with Crippen LogP contribution in [-0.2, 0) is 22.6 Å². The van der Waals surface area contributed by atoms with Gasteiger partial charge in [0.25, 0.3) is 0 Å². The van der Waals surface area contributed by atoms with Gasteiger partial charge in [-0.3, -0.25) is 9.69 Å². The lowest BCUT2D eigenvalue weighted by Crippen LogP contribution is -2.41. The number of nitrogens with one attached hydrogen (secondary N) is 1. The minimum atomic E-state index is -0.118. The number of ether oxygens (including phenoxy) is 1. The molecule has 4 rings (SSSR count). The van der Waals surface area contributed by atoms with Crippen molar-refractivity contribution in [3.63, 3.8) is 0 Å². The Morgan fingerprint density at radius 2 is 2.13 bits per heavy atom. The molecule has 6 nitrogen and oxygen atoms in total. The first-order chi connectivity index (χ1) is 14.7. The number of aromatic nitrogens is 2. The van der Waals surface area contributed by atoms with E-state index in [9.17, 15) is 4.79 Å². The SMILES string of the molecule is CCOC(=O)C[C@H]1CCCCN1Cc1nc(NCc2cccs2)c2ccccc2n1. The Bertz CT molecular complexity index is 977. The van der Waals surface area contributed by atoms with E-state index in [4.69, 9.17) is 14.7 Å². The molecule has 7 heteroatoms. The zero-order valence-electron chi connectivity index (χ0n) is 17.3. The van der Waals surface area contributed by atoms with Gasteiger partial charge in [0.2, 0.25) is 0 Å². The van der Waals surface area contributed by atoms with Crippen LogP contribution in [0.4, 0.5) is 5.82 Å². The number of benzene rings is 1. The van der Waals surface area contributed by atoms with Crippen molar-refractivity contribution in [3.05, 3.63) is 52.5 Å². The average molecular weight is 425 g/mol. The second-order valence-corrected chi connectivity index (χ2v) is 8.60. The Kier molecular flexibility index (Phi) is 6.92. The molecule has 30 heavy (non-hydrogen) atoms. The fraction of sp³-hybridized carbons (Fsp3) is 0.435. The lowest BCUT2D eigenvalue weighted by Gasteiger charge is -2.34. The summed E-state index contributed by atoms with van der Waals surface area (Å²) in [5.74, 6) is 1.54. The van der Waals surface area contributed by atoms with Crippen LogP contribution in [0.15, 0.2) is 41.8 Å². The molecule has 1 aromatic carbocycles. The number of rotatable bonds is 8. The van der Waals surface area contributed by atoms with E-state index in [1.807, 2.05) is 25.1 Å². The summed E-state index contributed by atoms with van der Waals surface area (Å²) in [6.07, 6.45) is 3.73. The molecule has 0 spiro atoms. The van der Waals surface area contributed by atoms with Gasteiger partial charge in [-0.25, -0.2) is 9.97 Å². The Hall–Kier alpha value is -2.51. The molecule has 2 aromatic heterocycles. The Morgan fingerprint density at radius 1 is 1.23 bits per heavy atom. The van der Waals surface area contributed by atoms with Crippen LogP contribution in [0.5, 0.6) is 0 Å². The van der Waals surface area contributed by atoms with Crippen LogP contribution in [-0.4, -0.2) is 40.0 Å². The molecule has 0 amide bonds. The van der Waals surface area contributed by atoms with E-state index in [2.05, 4.69) is 33.8 Å². The second-order valence-electron chi connectivity index (χ2n) is 7.57. The number of esters is 1. The molecule has 158 valence electrons. The normalized spacial score (nSPS) is 17.2. The third-order valence-electron chi connectivity index (χ3n) is 5.46. The predicted molar refractivity (Wildman–Crippen MR) is 120 cm³/mol. The summed E-state index contributed by atoms with van der Waals surface area (Å²) < 4.78 is 5.18. The number of para-hydroxylation sites is 1. The van der Waals surface area contributed by atoms with Gasteiger partial charge in [0, 0.05) is 16.3 Å². The Labute approximate surface area is 181 Å². The lowest BCUT2D eigenvalue weighted by atomic mass is 9.99. The fourth-order valence-corrected chi connectivity index (χ4v) is 4.65. The number of likely N-dealkylation sites (tertiary alicyclic amines) is 1. The van der Waals surface area contributed by atoms with E-state index in [0.717, 1.165) is 54.9 Å². The Morgan fingerprint density at radius 3 is 2.97 bits per heavy atom. The van der Waals surface area contributed by atoms with E-state index in [0.29, 0.717) is 19.6 Å². The molecule has 3 heterocycles. The topological polar surface area (TPSA) is 67.3 Å². The molecular formula is C23H28N4O2S. The molecule has 1 atom stereocenters. The first kappa shape index (κ1) is 20.8. The molecule has 0 saturated carbocycles. The van der Waals surface area contributed by atoms with E-state index in [-0.39, 0.29) is 12.0 Å². The molecule has 0 radical (unpaired) electrons. The molecule has 1 saturated heterocycles. The van der Waals surface area contributed by atoms with E-state index in [1.165, 1.54) is 4.88 Å². The minimum absolute atomic E-state index is 0.118. The number of carbonyl (C=O) groups excluding carboxylic acids is 1. The number of hydrogen-bond acceptors (Lipinski definition) is 7. The molecule has 1 aliphatic heterocycles. The highest BCUT2D eigenvalue weighted by atomic mass is 32.1. The van der Waals surface area contributed by atoms with Crippen LogP contribution in [0, 0.1) is 0 Å². The first-order valence-electron chi connectivity index (χ1n) is 10.6. The standard InChI is InChI=1S/C23H28N4O2S/c1-2-29-22(28)14-17-8-5-6-12-27(17)16-21-25-20-11-4-3-10-19(20)23(26-21)24-15-18-9-7-13-30-18/h3-4,7,9-11,13,17H,2,5-6,8,12,14-16H2,1H3,(H,24,25,26)/t17-/m1/s1. The molecule has 1 fully saturated rings. The van der Waals surface area contributed by atoms with Crippen molar-refractivity contribution in [1.82, 2.24) is 14.9 Å². The largest absolute Gasteiger partial charge is 0.466 e. The van der Waals surface area contributed by atoms with Crippen LogP contribution < -0.4 is 5.32 Å². The zero-order chi connectivity index (χ0) is 20.8. The summed E-state index contributed by atoms with van der Waals surface area (Å²) in [5.41, 5.74) is 0.940. The predicted octanol–water partition coefficient (Wildman–Crippen LogP) is 4.61. The van der Waals surface area contributed by atoms with Gasteiger partial charge in [-0.1, -0.05) is 24.6 Å². The van der Waals surface area contributed by atoms with E-state index in [1.54, 1.807) is 11.3 Å². The van der Waals surface area contributed by atoms with Gasteiger partial charge in [-0.05, 0) is 49.9 Å². The summed E-state index contributed by atoms with van der Waals surface area (Å²) in [7, 11) is 0. The number of carbonyl (C=O) groups is 1. The zero-order valence-corrected chi connectivity index (χ0v) is 18.2. The number of piperidine rings is 1. The fourth-order valence-electron chi connectivity index (χ4n) is 4.01. The first-order valence-corrected chi connectivity index (χ1v) is 11.5. The van der Waals surface area contributed by atoms with Gasteiger partial charge < -0.3 is 10.1 Å². The van der Waals surface area contributed by atoms with Crippen molar-refractivity contribution in [2.45, 2.75) is 51.7 Å². The number of hydrogen-bond donors (Lipinski definition) is 1. The van der Waals surface area contributed by atoms with Crippen molar-refractivity contribution >= 4 is 34.0 Å². The quantitative estimate of drug-likeness (QED) is 0.533. The maximum absolute atomic E-state index is 12.0. The maximum atomic E-state index is 12.0. The van der Waals surface area contributed by atoms with E-state index < -0.39 is 0 Å². The lowest BCUT2D eigenvalue weighted by molar-refractivity contribution is -0.145. The highest BCUT2D eigenvalue weighted by Crippen LogP contribution is 2.25. The number of anilines is 1. The minimum Gasteiger partial charge on any atom is -0.466 e. The maximum Gasteiger partial charge on any atom is 0.307 e. The average Bonchev–Trinajstić information content (AvgIpc) is 3.27. The molecule has 0 aliphatic carbocycles. The van der Waals surface area contributed by atoms with Gasteiger partial charge in [0.15, 0.2) is 0 Å². The Balaban J connectivity index is 1.54. The number of thiophene rings is 1. The third-order valence-corrected chi connectivity index (χ3v) is 6.34. The van der Waals surface area contributed by atoms with Gasteiger partial charge in [0.05, 0.1) is 31.6 Å². The van der Waals surface area contributed by atoms with Crippen molar-refractivity contribution in [2.24, 2.45) is 0 Å². The van der Waals surface area contributed by atoms with Crippen molar-refractivity contribution < 1.29 is 9.53 Å². The third kappa shape index (κ3) is 5.15. The number of fused-ring (bicyclic) bond motifs is 1. The molecule has 1 aliphatic rings. The smallest absolute Gasteiger partial charge is 0.307 e. The van der Waals surface area contributed by atoms with Crippen LogP contribution in [0.1, 0.15) is 43.3 Å². The van der Waals surface area contributed by atoms with Crippen molar-refractivity contribution in [2.75, 3.05) is 18.5 Å². The summed E-state index contributed by atoms with van der Waals surface area (Å²) in [6.45, 7) is 4.62. The van der Waals surface area contributed by atoms with Crippen LogP contribution in [0.3, 0.4) is 0 Å². The van der Waals surface area contributed by atoms with Gasteiger partial charge in [-0.15, -0.1) is 11.3 Å². The molecule has 1 N–H and O–H groups in total. The molecule has 3 aromatic rings. The molecule has 0 bridgehead atoms. The summed E-state index contributed by atoms with van der Waals surface area (Å²) in [4.78, 5) is 25.3. The highest BCUT2D eigenvalue weighted by Gasteiger charge is 2.26. The van der Waals surface area contributed by atoms with Crippen LogP contribution in [0.25, 0.3) is 10.9 Å². The molecular weight excluding hydrogens is 396 g/mol.